The van der Waals surface area contributed by atoms with Crippen LogP contribution >= 0.6 is 0 Å². The normalized spacial score (nSPS) is 14.7. The molecule has 2 aromatic heterocycles. The number of hydrogen-bond acceptors (Lipinski definition) is 7. The molecule has 3 heterocycles. The predicted molar refractivity (Wildman–Crippen MR) is 103 cm³/mol. The number of carbonyl (C=O) groups excluding carboxylic acids is 1. The highest BCUT2D eigenvalue weighted by Gasteiger charge is 2.27. The first-order valence-electron chi connectivity index (χ1n) is 9.33. The van der Waals surface area contributed by atoms with E-state index in [0.717, 1.165) is 6.20 Å². The third-order valence-electron chi connectivity index (χ3n) is 4.53. The third-order valence-corrected chi connectivity index (χ3v) is 4.53. The van der Waals surface area contributed by atoms with Crippen LogP contribution in [0.4, 0.5) is 15.1 Å². The monoisotopic (exact) mass is 401 g/mol. The van der Waals surface area contributed by atoms with Crippen LogP contribution in [-0.4, -0.2) is 62.5 Å². The van der Waals surface area contributed by atoms with Crippen LogP contribution in [-0.2, 0) is 4.74 Å². The van der Waals surface area contributed by atoms with Crippen LogP contribution in [0.25, 0.3) is 5.82 Å². The van der Waals surface area contributed by atoms with Gasteiger partial charge in [0.1, 0.15) is 11.7 Å². The Labute approximate surface area is 168 Å². The molecule has 1 aliphatic rings. The molecule has 0 N–H and O–H groups in total. The van der Waals surface area contributed by atoms with E-state index < -0.39 is 11.4 Å². The predicted octanol–water partition coefficient (Wildman–Crippen LogP) is 2.35. The van der Waals surface area contributed by atoms with Crippen molar-refractivity contribution >= 4 is 12.0 Å². The van der Waals surface area contributed by atoms with E-state index in [9.17, 15) is 14.4 Å². The van der Waals surface area contributed by atoms with Gasteiger partial charge in [-0.1, -0.05) is 0 Å². The van der Waals surface area contributed by atoms with Crippen molar-refractivity contribution in [1.82, 2.24) is 24.6 Å². The SMILES string of the molecule is Cc1nn(-c2nc(N3CCN(C(=O)OC(C)(C)C)CC3)ncc2F)c(C)c1C#N. The first-order chi connectivity index (χ1) is 13.6. The van der Waals surface area contributed by atoms with Crippen LogP contribution in [0.3, 0.4) is 0 Å². The van der Waals surface area contributed by atoms with Crippen molar-refractivity contribution in [2.75, 3.05) is 31.1 Å². The summed E-state index contributed by atoms with van der Waals surface area (Å²) in [5, 5.41) is 13.5. The van der Waals surface area contributed by atoms with Gasteiger partial charge in [-0.25, -0.2) is 18.9 Å². The second kappa shape index (κ2) is 7.66. The van der Waals surface area contributed by atoms with Gasteiger partial charge in [0, 0.05) is 26.2 Å². The molecule has 3 rings (SSSR count). The van der Waals surface area contributed by atoms with Gasteiger partial charge in [0.15, 0.2) is 11.6 Å². The molecule has 0 unspecified atom stereocenters. The first kappa shape index (κ1) is 20.5. The number of anilines is 1. The van der Waals surface area contributed by atoms with E-state index in [1.54, 1.807) is 18.7 Å². The standard InChI is InChI=1S/C19H24FN7O2/c1-12-14(10-21)13(2)27(24-12)16-15(20)11-22-17(23-16)25-6-8-26(9-7-25)18(28)29-19(3,4)5/h11H,6-9H2,1-5H3. The zero-order chi connectivity index (χ0) is 21.3. The fraction of sp³-hybridized carbons (Fsp3) is 0.526. The molecule has 154 valence electrons. The van der Waals surface area contributed by atoms with E-state index in [-0.39, 0.29) is 11.9 Å². The highest BCUT2D eigenvalue weighted by Crippen LogP contribution is 2.21. The van der Waals surface area contributed by atoms with Crippen molar-refractivity contribution in [3.8, 4) is 11.9 Å². The van der Waals surface area contributed by atoms with Gasteiger partial charge in [-0.05, 0) is 34.6 Å². The first-order valence-corrected chi connectivity index (χ1v) is 9.33. The van der Waals surface area contributed by atoms with Crippen molar-refractivity contribution < 1.29 is 13.9 Å². The van der Waals surface area contributed by atoms with Crippen molar-refractivity contribution in [3.63, 3.8) is 0 Å². The minimum atomic E-state index is -0.628. The zero-order valence-corrected chi connectivity index (χ0v) is 17.2. The number of aryl methyl sites for hydroxylation is 1. The average Bonchev–Trinajstić information content (AvgIpc) is 2.94. The Morgan fingerprint density at radius 1 is 1.24 bits per heavy atom. The Morgan fingerprint density at radius 2 is 1.90 bits per heavy atom. The fourth-order valence-electron chi connectivity index (χ4n) is 3.08. The Hall–Kier alpha value is -3.22. The van der Waals surface area contributed by atoms with Gasteiger partial charge < -0.3 is 14.5 Å². The largest absolute Gasteiger partial charge is 0.444 e. The number of amides is 1. The molecule has 0 atom stereocenters. The molecule has 1 aliphatic heterocycles. The number of carbonyl (C=O) groups is 1. The van der Waals surface area contributed by atoms with E-state index in [4.69, 9.17) is 4.74 Å². The van der Waals surface area contributed by atoms with Crippen molar-refractivity contribution in [2.45, 2.75) is 40.2 Å². The van der Waals surface area contributed by atoms with Crippen molar-refractivity contribution in [2.24, 2.45) is 0 Å². The molecule has 0 radical (unpaired) electrons. The van der Waals surface area contributed by atoms with Crippen LogP contribution in [0.1, 0.15) is 37.7 Å². The summed E-state index contributed by atoms with van der Waals surface area (Å²) >= 11 is 0. The maximum absolute atomic E-state index is 14.4. The summed E-state index contributed by atoms with van der Waals surface area (Å²) in [5.41, 5.74) is 0.875. The van der Waals surface area contributed by atoms with Crippen LogP contribution < -0.4 is 4.90 Å². The molecule has 9 nitrogen and oxygen atoms in total. The number of ether oxygens (including phenoxy) is 1. The van der Waals surface area contributed by atoms with Gasteiger partial charge in [-0.15, -0.1) is 0 Å². The lowest BCUT2D eigenvalue weighted by molar-refractivity contribution is 0.0240. The maximum atomic E-state index is 14.4. The molecule has 0 spiro atoms. The molecule has 0 aliphatic carbocycles. The fourth-order valence-corrected chi connectivity index (χ4v) is 3.08. The second-order valence-electron chi connectivity index (χ2n) is 7.87. The van der Waals surface area contributed by atoms with E-state index in [2.05, 4.69) is 21.1 Å². The molecule has 0 bridgehead atoms. The molecular weight excluding hydrogens is 377 g/mol. The van der Waals surface area contributed by atoms with Gasteiger partial charge in [-0.3, -0.25) is 0 Å². The van der Waals surface area contributed by atoms with Crippen molar-refractivity contribution in [1.29, 1.82) is 5.26 Å². The van der Waals surface area contributed by atoms with Gasteiger partial charge in [0.05, 0.1) is 23.1 Å². The summed E-state index contributed by atoms with van der Waals surface area (Å²) in [6.07, 6.45) is 0.741. The number of piperazine rings is 1. The Balaban J connectivity index is 1.78. The zero-order valence-electron chi connectivity index (χ0n) is 17.2. The van der Waals surface area contributed by atoms with Gasteiger partial charge >= 0.3 is 6.09 Å². The average molecular weight is 401 g/mol. The topological polar surface area (TPSA) is 100 Å². The molecule has 2 aromatic rings. The van der Waals surface area contributed by atoms with E-state index in [0.29, 0.717) is 49.1 Å². The Bertz CT molecular complexity index is 966. The molecule has 1 saturated heterocycles. The molecule has 10 heteroatoms. The number of aromatic nitrogens is 4. The molecule has 1 fully saturated rings. The van der Waals surface area contributed by atoms with Crippen LogP contribution in [0.15, 0.2) is 6.20 Å². The number of nitrogens with zero attached hydrogens (tertiary/aromatic N) is 7. The van der Waals surface area contributed by atoms with Crippen LogP contribution in [0, 0.1) is 31.0 Å². The smallest absolute Gasteiger partial charge is 0.410 e. The Kier molecular flexibility index (Phi) is 5.42. The molecule has 0 aromatic carbocycles. The number of halogens is 1. The highest BCUT2D eigenvalue weighted by atomic mass is 19.1. The molecular formula is C19H24FN7O2. The van der Waals surface area contributed by atoms with E-state index in [1.165, 1.54) is 4.68 Å². The molecule has 29 heavy (non-hydrogen) atoms. The van der Waals surface area contributed by atoms with Crippen LogP contribution in [0.5, 0.6) is 0 Å². The quantitative estimate of drug-likeness (QED) is 0.761. The molecule has 1 amide bonds. The van der Waals surface area contributed by atoms with Gasteiger partial charge in [-0.2, -0.15) is 15.3 Å². The number of hydrogen-bond donors (Lipinski definition) is 0. The van der Waals surface area contributed by atoms with Gasteiger partial charge in [0.2, 0.25) is 5.95 Å². The minimum absolute atomic E-state index is 0.00771. The lowest BCUT2D eigenvalue weighted by Gasteiger charge is -2.35. The summed E-state index contributed by atoms with van der Waals surface area (Å²) in [4.78, 5) is 24.2. The lowest BCUT2D eigenvalue weighted by Crippen LogP contribution is -2.50. The maximum Gasteiger partial charge on any atom is 0.410 e. The summed E-state index contributed by atoms with van der Waals surface area (Å²) in [6, 6.07) is 2.07. The van der Waals surface area contributed by atoms with E-state index >= 15 is 0 Å². The summed E-state index contributed by atoms with van der Waals surface area (Å²) < 4.78 is 21.1. The van der Waals surface area contributed by atoms with Crippen LogP contribution in [0.2, 0.25) is 0 Å². The lowest BCUT2D eigenvalue weighted by atomic mass is 10.2. The minimum Gasteiger partial charge on any atom is -0.444 e. The van der Waals surface area contributed by atoms with Crippen molar-refractivity contribution in [3.05, 3.63) is 29.0 Å². The molecule has 0 saturated carbocycles. The third kappa shape index (κ3) is 4.29. The second-order valence-corrected chi connectivity index (χ2v) is 7.87. The summed E-state index contributed by atoms with van der Waals surface area (Å²) in [5.74, 6) is -0.292. The highest BCUT2D eigenvalue weighted by molar-refractivity contribution is 5.68. The number of nitriles is 1. The summed E-state index contributed by atoms with van der Waals surface area (Å²) in [6.45, 7) is 10.7. The van der Waals surface area contributed by atoms with E-state index in [1.807, 2.05) is 25.7 Å². The van der Waals surface area contributed by atoms with Gasteiger partial charge in [0.25, 0.3) is 0 Å². The Morgan fingerprint density at radius 3 is 2.45 bits per heavy atom. The summed E-state index contributed by atoms with van der Waals surface area (Å²) in [7, 11) is 0. The number of rotatable bonds is 2.